The van der Waals surface area contributed by atoms with Crippen LogP contribution in [0.1, 0.15) is 0 Å². The third-order valence-corrected chi connectivity index (χ3v) is 14.1. The Kier molecular flexibility index (Phi) is 8.59. The zero-order valence-electron chi connectivity index (χ0n) is 37.0. The van der Waals surface area contributed by atoms with Crippen molar-refractivity contribution in [3.63, 3.8) is 0 Å². The summed E-state index contributed by atoms with van der Waals surface area (Å²) in [7, 11) is 0. The van der Waals surface area contributed by atoms with Crippen molar-refractivity contribution in [1.82, 2.24) is 14.1 Å². The SMILES string of the molecule is c1ccc(-c2cc(-n3c4ccccc4c4cc(-c5ccc6c(c5)c5ccccc5n6-c5cccc(-c6ccc7c8ccccc8c8ccccc8c7c6)c5)ccc43)cc(-c3ccccc3)n2)cc1. The molecule has 3 nitrogen and oxygen atoms in total. The molecule has 0 aliphatic carbocycles. The molecule has 0 aliphatic heterocycles. The number of para-hydroxylation sites is 2. The average molecular weight is 864 g/mol. The molecule has 0 N–H and O–H groups in total. The average Bonchev–Trinajstić information content (AvgIpc) is 3.93. The summed E-state index contributed by atoms with van der Waals surface area (Å²) in [5, 5.41) is 12.6. The zero-order valence-corrected chi connectivity index (χ0v) is 37.0. The molecule has 3 heterocycles. The number of pyridine rings is 1. The quantitative estimate of drug-likeness (QED) is 0.153. The summed E-state index contributed by atoms with van der Waals surface area (Å²) in [6.45, 7) is 0. The standard InChI is InChI=1S/C65H41N3/c1-3-16-42(17-4-1)60-40-49(41-61(66-60)43-18-5-2-6-19-43)68-63-29-14-12-27-56(63)59-39-47(32-35-65(59)68)46-31-34-64-58(38-46)55-26-11-13-28-62(55)67(64)48-21-15-20-44(36-48)45-30-33-54-52-24-8-7-22-50(52)51-23-9-10-25-53(51)57(54)37-45/h1-41H. The van der Waals surface area contributed by atoms with E-state index in [0.29, 0.717) is 0 Å². The highest BCUT2D eigenvalue weighted by Crippen LogP contribution is 2.41. The van der Waals surface area contributed by atoms with Gasteiger partial charge < -0.3 is 9.13 Å². The molecule has 0 bridgehead atoms. The number of nitrogens with zero attached hydrogens (tertiary/aromatic N) is 3. The summed E-state index contributed by atoms with van der Waals surface area (Å²) < 4.78 is 4.84. The summed E-state index contributed by atoms with van der Waals surface area (Å²) >= 11 is 0. The van der Waals surface area contributed by atoms with Crippen LogP contribution in [0.15, 0.2) is 249 Å². The Morgan fingerprint density at radius 2 is 0.574 bits per heavy atom. The lowest BCUT2D eigenvalue weighted by molar-refractivity contribution is 1.16. The third kappa shape index (κ3) is 6.03. The first-order valence-corrected chi connectivity index (χ1v) is 23.4. The topological polar surface area (TPSA) is 22.8 Å². The van der Waals surface area contributed by atoms with Crippen molar-refractivity contribution in [3.05, 3.63) is 249 Å². The predicted octanol–water partition coefficient (Wildman–Crippen LogP) is 17.4. The molecule has 0 amide bonds. The lowest BCUT2D eigenvalue weighted by atomic mass is 9.92. The van der Waals surface area contributed by atoms with Crippen LogP contribution in [0.4, 0.5) is 0 Å². The van der Waals surface area contributed by atoms with Crippen LogP contribution < -0.4 is 0 Å². The highest BCUT2D eigenvalue weighted by Gasteiger charge is 2.19. The van der Waals surface area contributed by atoms with Crippen LogP contribution >= 0.6 is 0 Å². The van der Waals surface area contributed by atoms with Gasteiger partial charge in [0.25, 0.3) is 0 Å². The Morgan fingerprint density at radius 1 is 0.206 bits per heavy atom. The minimum Gasteiger partial charge on any atom is -0.309 e. The van der Waals surface area contributed by atoms with Crippen LogP contribution in [0, 0.1) is 0 Å². The molecule has 68 heavy (non-hydrogen) atoms. The van der Waals surface area contributed by atoms with Crippen LogP contribution in [-0.2, 0) is 0 Å². The molecule has 14 rings (SSSR count). The van der Waals surface area contributed by atoms with Crippen LogP contribution in [-0.4, -0.2) is 14.1 Å². The normalized spacial score (nSPS) is 11.8. The molecule has 3 heteroatoms. The Labute approximate surface area is 393 Å². The smallest absolute Gasteiger partial charge is 0.0730 e. The van der Waals surface area contributed by atoms with Gasteiger partial charge in [-0.15, -0.1) is 0 Å². The highest BCUT2D eigenvalue weighted by atomic mass is 15.0. The van der Waals surface area contributed by atoms with E-state index < -0.39 is 0 Å². The van der Waals surface area contributed by atoms with Crippen LogP contribution in [0.3, 0.4) is 0 Å². The van der Waals surface area contributed by atoms with E-state index >= 15 is 0 Å². The van der Waals surface area contributed by atoms with Crippen molar-refractivity contribution >= 4 is 75.9 Å². The summed E-state index contributed by atoms with van der Waals surface area (Å²) in [6, 6.07) is 90.6. The van der Waals surface area contributed by atoms with Crippen molar-refractivity contribution in [2.24, 2.45) is 0 Å². The van der Waals surface area contributed by atoms with E-state index in [1.807, 2.05) is 0 Å². The van der Waals surface area contributed by atoms with Gasteiger partial charge in [0.05, 0.1) is 39.1 Å². The highest BCUT2D eigenvalue weighted by molar-refractivity contribution is 6.26. The van der Waals surface area contributed by atoms with Gasteiger partial charge in [0.2, 0.25) is 0 Å². The predicted molar refractivity (Wildman–Crippen MR) is 287 cm³/mol. The number of aromatic nitrogens is 3. The molecule has 14 aromatic rings. The molecule has 0 fully saturated rings. The van der Waals surface area contributed by atoms with Gasteiger partial charge in [-0.25, -0.2) is 4.98 Å². The Hall–Kier alpha value is -9.05. The van der Waals surface area contributed by atoms with Crippen LogP contribution in [0.2, 0.25) is 0 Å². The van der Waals surface area contributed by atoms with Gasteiger partial charge in [-0.3, -0.25) is 0 Å². The fourth-order valence-corrected chi connectivity index (χ4v) is 10.9. The fourth-order valence-electron chi connectivity index (χ4n) is 10.9. The summed E-state index contributed by atoms with van der Waals surface area (Å²) in [5.74, 6) is 0. The van der Waals surface area contributed by atoms with E-state index in [1.165, 1.54) is 87.1 Å². The first kappa shape index (κ1) is 38.2. The molecule has 3 aromatic heterocycles. The Bertz CT molecular complexity index is 4220. The molecule has 316 valence electrons. The third-order valence-electron chi connectivity index (χ3n) is 14.1. The van der Waals surface area contributed by atoms with Crippen molar-refractivity contribution in [3.8, 4) is 56.1 Å². The summed E-state index contributed by atoms with van der Waals surface area (Å²) in [4.78, 5) is 5.20. The van der Waals surface area contributed by atoms with Gasteiger partial charge in [-0.1, -0.05) is 182 Å². The Morgan fingerprint density at radius 3 is 1.10 bits per heavy atom. The minimum absolute atomic E-state index is 0.944. The monoisotopic (exact) mass is 863 g/mol. The van der Waals surface area contributed by atoms with Crippen LogP contribution in [0.5, 0.6) is 0 Å². The molecule has 0 atom stereocenters. The molecule has 11 aromatic carbocycles. The van der Waals surface area contributed by atoms with Crippen molar-refractivity contribution in [2.75, 3.05) is 0 Å². The second-order valence-electron chi connectivity index (χ2n) is 17.9. The minimum atomic E-state index is 0.944. The van der Waals surface area contributed by atoms with Crippen molar-refractivity contribution in [2.45, 2.75) is 0 Å². The van der Waals surface area contributed by atoms with E-state index in [0.717, 1.165) is 44.9 Å². The van der Waals surface area contributed by atoms with Gasteiger partial charge in [0, 0.05) is 38.4 Å². The lowest BCUT2D eigenvalue weighted by Gasteiger charge is -2.14. The number of fused-ring (bicyclic) bond motifs is 12. The zero-order chi connectivity index (χ0) is 44.7. The molecular weight excluding hydrogens is 823 g/mol. The Balaban J connectivity index is 0.891. The molecule has 0 aliphatic rings. The van der Waals surface area contributed by atoms with Gasteiger partial charge in [0.1, 0.15) is 0 Å². The van der Waals surface area contributed by atoms with E-state index in [-0.39, 0.29) is 0 Å². The molecular formula is C65H41N3. The maximum absolute atomic E-state index is 5.20. The largest absolute Gasteiger partial charge is 0.309 e. The number of hydrogen-bond donors (Lipinski definition) is 0. The number of rotatable bonds is 6. The van der Waals surface area contributed by atoms with Crippen molar-refractivity contribution < 1.29 is 0 Å². The van der Waals surface area contributed by atoms with Crippen LogP contribution in [0.25, 0.3) is 132 Å². The van der Waals surface area contributed by atoms with E-state index in [1.54, 1.807) is 0 Å². The summed E-state index contributed by atoms with van der Waals surface area (Å²) in [6.07, 6.45) is 0. The molecule has 0 unspecified atom stereocenters. The summed E-state index contributed by atoms with van der Waals surface area (Å²) in [5.41, 5.74) is 15.7. The van der Waals surface area contributed by atoms with Gasteiger partial charge in [-0.05, 0) is 121 Å². The van der Waals surface area contributed by atoms with E-state index in [4.69, 9.17) is 4.98 Å². The molecule has 0 saturated carbocycles. The first-order valence-electron chi connectivity index (χ1n) is 23.4. The second kappa shape index (κ2) is 15.3. The van der Waals surface area contributed by atoms with Gasteiger partial charge >= 0.3 is 0 Å². The molecule has 0 radical (unpaired) electrons. The van der Waals surface area contributed by atoms with Gasteiger partial charge in [-0.2, -0.15) is 0 Å². The second-order valence-corrected chi connectivity index (χ2v) is 17.9. The number of benzene rings is 11. The molecule has 0 spiro atoms. The number of hydrogen-bond acceptors (Lipinski definition) is 1. The molecule has 0 saturated heterocycles. The van der Waals surface area contributed by atoms with E-state index in [9.17, 15) is 0 Å². The lowest BCUT2D eigenvalue weighted by Crippen LogP contribution is -1.98. The maximum atomic E-state index is 5.20. The fraction of sp³-hybridized carbons (Fsp3) is 0. The first-order chi connectivity index (χ1) is 33.7. The van der Waals surface area contributed by atoms with Crippen molar-refractivity contribution in [1.29, 1.82) is 0 Å². The maximum Gasteiger partial charge on any atom is 0.0730 e. The van der Waals surface area contributed by atoms with Gasteiger partial charge in [0.15, 0.2) is 0 Å². The van der Waals surface area contributed by atoms with E-state index in [2.05, 4.69) is 258 Å².